The van der Waals surface area contributed by atoms with Gasteiger partial charge in [-0.2, -0.15) is 0 Å². The highest BCUT2D eigenvalue weighted by atomic mass is 32.2. The average molecular weight is 281 g/mol. The summed E-state index contributed by atoms with van der Waals surface area (Å²) >= 11 is 0. The highest BCUT2D eigenvalue weighted by Crippen LogP contribution is 2.13. The quantitative estimate of drug-likeness (QED) is 0.623. The van der Waals surface area contributed by atoms with Gasteiger partial charge in [-0.05, 0) is 12.8 Å². The molecular formula is C11H23NO5S. The fourth-order valence-electron chi connectivity index (χ4n) is 1.62. The molecule has 0 aliphatic heterocycles. The van der Waals surface area contributed by atoms with Gasteiger partial charge in [0.2, 0.25) is 10.0 Å². The summed E-state index contributed by atoms with van der Waals surface area (Å²) in [5, 5.41) is 8.53. The van der Waals surface area contributed by atoms with Crippen LogP contribution in [0.4, 0.5) is 0 Å². The molecule has 0 saturated heterocycles. The van der Waals surface area contributed by atoms with Gasteiger partial charge in [0.25, 0.3) is 0 Å². The Kier molecular flexibility index (Phi) is 7.42. The summed E-state index contributed by atoms with van der Waals surface area (Å²) in [5.74, 6) is -0.777. The topological polar surface area (TPSA) is 92.7 Å². The van der Waals surface area contributed by atoms with E-state index < -0.39 is 27.3 Å². The van der Waals surface area contributed by atoms with Crippen LogP contribution in [0.5, 0.6) is 0 Å². The minimum absolute atomic E-state index is 0.0427. The number of sulfonamides is 1. The van der Waals surface area contributed by atoms with Gasteiger partial charge >= 0.3 is 5.97 Å². The lowest BCUT2D eigenvalue weighted by atomic mass is 9.97. The number of methoxy groups -OCH3 is 1. The number of rotatable bonds is 8. The molecule has 0 spiro atoms. The Bertz CT molecular complexity index is 350. The van der Waals surface area contributed by atoms with Crippen LogP contribution in [0.15, 0.2) is 0 Å². The molecule has 0 rings (SSSR count). The Labute approximate surface area is 109 Å². The van der Waals surface area contributed by atoms with E-state index in [-0.39, 0.29) is 12.5 Å². The number of esters is 1. The lowest BCUT2D eigenvalue weighted by Crippen LogP contribution is -2.42. The minimum Gasteiger partial charge on any atom is -0.468 e. The standard InChI is InChI=1S/C11H23NO5S/c1-5-9(6-2)10(13)7-12-18(15,16)8(3)11(14)17-4/h8-10,12-13H,5-7H2,1-4H3. The van der Waals surface area contributed by atoms with Crippen molar-refractivity contribution in [3.63, 3.8) is 0 Å². The molecule has 6 nitrogen and oxygen atoms in total. The van der Waals surface area contributed by atoms with Crippen molar-refractivity contribution in [1.29, 1.82) is 0 Å². The SMILES string of the molecule is CCC(CC)C(O)CNS(=O)(=O)C(C)C(=O)OC. The summed E-state index contributed by atoms with van der Waals surface area (Å²) in [4.78, 5) is 11.1. The van der Waals surface area contributed by atoms with Gasteiger partial charge in [0.1, 0.15) is 0 Å². The summed E-state index contributed by atoms with van der Waals surface area (Å²) < 4.78 is 30.0. The van der Waals surface area contributed by atoms with E-state index in [0.29, 0.717) is 0 Å². The molecule has 0 radical (unpaired) electrons. The van der Waals surface area contributed by atoms with Gasteiger partial charge in [-0.3, -0.25) is 4.79 Å². The number of aliphatic hydroxyl groups excluding tert-OH is 1. The fraction of sp³-hybridized carbons (Fsp3) is 0.909. The predicted octanol–water partition coefficient (Wildman–Crippen LogP) is 0.264. The Morgan fingerprint density at radius 2 is 1.83 bits per heavy atom. The summed E-state index contributed by atoms with van der Waals surface area (Å²) in [5.41, 5.74) is 0. The largest absolute Gasteiger partial charge is 0.468 e. The first-order valence-electron chi connectivity index (χ1n) is 6.04. The van der Waals surface area contributed by atoms with Crippen LogP contribution in [-0.2, 0) is 19.6 Å². The van der Waals surface area contributed by atoms with E-state index in [2.05, 4.69) is 9.46 Å². The third-order valence-corrected chi connectivity index (χ3v) is 4.78. The molecule has 2 N–H and O–H groups in total. The lowest BCUT2D eigenvalue weighted by Gasteiger charge is -2.21. The Morgan fingerprint density at radius 1 is 1.33 bits per heavy atom. The number of carbonyl (C=O) groups excluding carboxylic acids is 1. The van der Waals surface area contributed by atoms with Gasteiger partial charge in [0.15, 0.2) is 5.25 Å². The normalized spacial score (nSPS) is 15.4. The van der Waals surface area contributed by atoms with Crippen molar-refractivity contribution in [3.05, 3.63) is 0 Å². The smallest absolute Gasteiger partial charge is 0.325 e. The molecule has 108 valence electrons. The number of ether oxygens (including phenoxy) is 1. The Balaban J connectivity index is 4.48. The van der Waals surface area contributed by atoms with E-state index in [1.54, 1.807) is 0 Å². The van der Waals surface area contributed by atoms with E-state index in [9.17, 15) is 18.3 Å². The molecule has 0 aromatic heterocycles. The van der Waals surface area contributed by atoms with E-state index >= 15 is 0 Å². The molecule has 7 heteroatoms. The van der Waals surface area contributed by atoms with Crippen LogP contribution in [0.25, 0.3) is 0 Å². The van der Waals surface area contributed by atoms with E-state index in [4.69, 9.17) is 0 Å². The van der Waals surface area contributed by atoms with Crippen LogP contribution in [0.2, 0.25) is 0 Å². The van der Waals surface area contributed by atoms with Crippen LogP contribution in [-0.4, -0.2) is 44.5 Å². The number of aliphatic hydroxyl groups is 1. The summed E-state index contributed by atoms with van der Waals surface area (Å²) in [7, 11) is -2.67. The first kappa shape index (κ1) is 17.3. The molecule has 0 saturated carbocycles. The summed E-state index contributed by atoms with van der Waals surface area (Å²) in [6.07, 6.45) is 0.789. The maximum absolute atomic E-state index is 11.7. The van der Waals surface area contributed by atoms with E-state index in [1.807, 2.05) is 13.8 Å². The van der Waals surface area contributed by atoms with Crippen LogP contribution in [0.1, 0.15) is 33.6 Å². The third-order valence-electron chi connectivity index (χ3n) is 3.09. The lowest BCUT2D eigenvalue weighted by molar-refractivity contribution is -0.139. The zero-order valence-corrected chi connectivity index (χ0v) is 12.2. The highest BCUT2D eigenvalue weighted by Gasteiger charge is 2.29. The molecule has 0 aromatic carbocycles. The fourth-order valence-corrected chi connectivity index (χ4v) is 2.62. The van der Waals surface area contributed by atoms with Crippen molar-refractivity contribution >= 4 is 16.0 Å². The zero-order chi connectivity index (χ0) is 14.3. The average Bonchev–Trinajstić information content (AvgIpc) is 2.36. The van der Waals surface area contributed by atoms with Gasteiger partial charge in [-0.25, -0.2) is 13.1 Å². The van der Waals surface area contributed by atoms with Crippen molar-refractivity contribution < 1.29 is 23.1 Å². The Morgan fingerprint density at radius 3 is 2.22 bits per heavy atom. The molecule has 0 aliphatic rings. The molecule has 0 bridgehead atoms. The first-order chi connectivity index (χ1) is 8.30. The van der Waals surface area contributed by atoms with Crippen LogP contribution in [0.3, 0.4) is 0 Å². The number of nitrogens with one attached hydrogen (secondary N) is 1. The predicted molar refractivity (Wildman–Crippen MR) is 68.5 cm³/mol. The molecule has 2 unspecified atom stereocenters. The van der Waals surface area contributed by atoms with Crippen molar-refractivity contribution in [1.82, 2.24) is 4.72 Å². The summed E-state index contributed by atoms with van der Waals surface area (Å²) in [6, 6.07) is 0. The van der Waals surface area contributed by atoms with Crippen molar-refractivity contribution in [2.45, 2.75) is 45.0 Å². The van der Waals surface area contributed by atoms with Gasteiger partial charge < -0.3 is 9.84 Å². The van der Waals surface area contributed by atoms with Gasteiger partial charge in [0.05, 0.1) is 13.2 Å². The molecule has 2 atom stereocenters. The van der Waals surface area contributed by atoms with Crippen LogP contribution in [0, 0.1) is 5.92 Å². The molecular weight excluding hydrogens is 258 g/mol. The van der Waals surface area contributed by atoms with Crippen molar-refractivity contribution in [3.8, 4) is 0 Å². The summed E-state index contributed by atoms with van der Waals surface area (Å²) in [6.45, 7) is 5.03. The van der Waals surface area contributed by atoms with Gasteiger partial charge in [0, 0.05) is 6.54 Å². The van der Waals surface area contributed by atoms with Crippen molar-refractivity contribution in [2.24, 2.45) is 5.92 Å². The second-order valence-electron chi connectivity index (χ2n) is 4.20. The number of carbonyl (C=O) groups is 1. The Hall–Kier alpha value is -0.660. The molecule has 0 aliphatic carbocycles. The number of hydrogen-bond acceptors (Lipinski definition) is 5. The molecule has 0 aromatic rings. The van der Waals surface area contributed by atoms with Gasteiger partial charge in [-0.15, -0.1) is 0 Å². The van der Waals surface area contributed by atoms with Crippen LogP contribution >= 0.6 is 0 Å². The molecule has 0 fully saturated rings. The van der Waals surface area contributed by atoms with Crippen LogP contribution < -0.4 is 4.72 Å². The molecule has 18 heavy (non-hydrogen) atoms. The van der Waals surface area contributed by atoms with E-state index in [0.717, 1.165) is 20.0 Å². The first-order valence-corrected chi connectivity index (χ1v) is 7.59. The highest BCUT2D eigenvalue weighted by molar-refractivity contribution is 7.90. The third kappa shape index (κ3) is 4.91. The zero-order valence-electron chi connectivity index (χ0n) is 11.3. The maximum atomic E-state index is 11.7. The molecule has 0 amide bonds. The monoisotopic (exact) mass is 281 g/mol. The maximum Gasteiger partial charge on any atom is 0.325 e. The van der Waals surface area contributed by atoms with Gasteiger partial charge in [-0.1, -0.05) is 26.7 Å². The van der Waals surface area contributed by atoms with Crippen molar-refractivity contribution in [2.75, 3.05) is 13.7 Å². The number of hydrogen-bond donors (Lipinski definition) is 2. The minimum atomic E-state index is -3.80. The second-order valence-corrected chi connectivity index (χ2v) is 6.29. The van der Waals surface area contributed by atoms with E-state index in [1.165, 1.54) is 6.92 Å². The molecule has 0 heterocycles. The second kappa shape index (κ2) is 7.70.